The van der Waals surface area contributed by atoms with Crippen LogP contribution in [0, 0.1) is 5.92 Å². The van der Waals surface area contributed by atoms with Crippen LogP contribution in [0.15, 0.2) is 24.3 Å². The second kappa shape index (κ2) is 8.15. The van der Waals surface area contributed by atoms with Gasteiger partial charge in [0.25, 0.3) is 0 Å². The molecule has 0 unspecified atom stereocenters. The monoisotopic (exact) mass is 400 g/mol. The molecule has 1 aromatic carbocycles. The highest BCUT2D eigenvalue weighted by molar-refractivity contribution is 7.89. The van der Waals surface area contributed by atoms with Gasteiger partial charge >= 0.3 is 0 Å². The zero-order valence-electron chi connectivity index (χ0n) is 15.3. The van der Waals surface area contributed by atoms with Crippen LogP contribution < -0.4 is 0 Å². The van der Waals surface area contributed by atoms with Crippen molar-refractivity contribution in [2.75, 3.05) is 39.1 Å². The molecule has 3 aliphatic rings. The van der Waals surface area contributed by atoms with Crippen LogP contribution in [-0.4, -0.2) is 62.8 Å². The first-order valence-corrected chi connectivity index (χ1v) is 11.0. The van der Waals surface area contributed by atoms with Gasteiger partial charge in [-0.15, -0.1) is 12.4 Å². The molecular weight excluding hydrogens is 372 g/mol. The molecule has 0 spiro atoms. The topological polar surface area (TPSA) is 49.9 Å². The Morgan fingerprint density at radius 3 is 2.85 bits per heavy atom. The van der Waals surface area contributed by atoms with Gasteiger partial charge in [-0.1, -0.05) is 24.3 Å². The molecule has 3 heterocycles. The molecule has 146 valence electrons. The number of benzene rings is 1. The fourth-order valence-electron chi connectivity index (χ4n) is 5.00. The van der Waals surface area contributed by atoms with E-state index in [2.05, 4.69) is 29.2 Å². The molecule has 5 nitrogen and oxygen atoms in total. The van der Waals surface area contributed by atoms with Crippen molar-refractivity contribution in [1.29, 1.82) is 0 Å². The van der Waals surface area contributed by atoms with Crippen molar-refractivity contribution >= 4 is 22.4 Å². The maximum Gasteiger partial charge on any atom is 0.216 e. The maximum absolute atomic E-state index is 12.8. The Balaban J connectivity index is 0.00000196. The van der Waals surface area contributed by atoms with E-state index in [-0.39, 0.29) is 30.8 Å². The molecule has 0 bridgehead atoms. The average Bonchev–Trinajstić information content (AvgIpc) is 2.64. The Bertz CT molecular complexity index is 727. The van der Waals surface area contributed by atoms with E-state index in [4.69, 9.17) is 4.74 Å². The number of fused-ring (bicyclic) bond motifs is 4. The van der Waals surface area contributed by atoms with Crippen LogP contribution in [0.2, 0.25) is 0 Å². The van der Waals surface area contributed by atoms with E-state index >= 15 is 0 Å². The lowest BCUT2D eigenvalue weighted by Gasteiger charge is -2.51. The Morgan fingerprint density at radius 1 is 1.23 bits per heavy atom. The third-order valence-electron chi connectivity index (χ3n) is 6.23. The van der Waals surface area contributed by atoms with Gasteiger partial charge in [-0.05, 0) is 42.7 Å². The highest BCUT2D eigenvalue weighted by atomic mass is 35.5. The summed E-state index contributed by atoms with van der Waals surface area (Å²) in [5.74, 6) is 0.560. The van der Waals surface area contributed by atoms with Crippen molar-refractivity contribution in [2.45, 2.75) is 37.8 Å². The zero-order valence-corrected chi connectivity index (χ0v) is 17.0. The second-order valence-electron chi connectivity index (χ2n) is 7.58. The van der Waals surface area contributed by atoms with E-state index in [1.807, 2.05) is 4.31 Å². The molecule has 3 atom stereocenters. The number of hydrogen-bond acceptors (Lipinski definition) is 4. The van der Waals surface area contributed by atoms with Crippen molar-refractivity contribution < 1.29 is 13.2 Å². The van der Waals surface area contributed by atoms with E-state index in [9.17, 15) is 8.42 Å². The number of rotatable bonds is 4. The lowest BCUT2D eigenvalue weighted by molar-refractivity contribution is 0.0218. The van der Waals surface area contributed by atoms with Crippen molar-refractivity contribution in [3.05, 3.63) is 35.4 Å². The van der Waals surface area contributed by atoms with Gasteiger partial charge in [-0.25, -0.2) is 8.42 Å². The van der Waals surface area contributed by atoms with Crippen LogP contribution in [0.25, 0.3) is 0 Å². The lowest BCUT2D eigenvalue weighted by Crippen LogP contribution is -2.57. The fraction of sp³-hybridized carbons (Fsp3) is 0.684. The summed E-state index contributed by atoms with van der Waals surface area (Å²) < 4.78 is 32.5. The fourth-order valence-corrected chi connectivity index (χ4v) is 6.69. The van der Waals surface area contributed by atoms with Crippen molar-refractivity contribution in [2.24, 2.45) is 5.92 Å². The minimum absolute atomic E-state index is 0. The molecule has 2 fully saturated rings. The largest absolute Gasteiger partial charge is 0.384 e. The summed E-state index contributed by atoms with van der Waals surface area (Å²) >= 11 is 0. The third kappa shape index (κ3) is 3.67. The summed E-state index contributed by atoms with van der Waals surface area (Å²) in [5.41, 5.74) is 2.85. The van der Waals surface area contributed by atoms with Crippen LogP contribution >= 0.6 is 12.4 Å². The number of methoxy groups -OCH3 is 1. The Kier molecular flexibility index (Phi) is 6.29. The van der Waals surface area contributed by atoms with Crippen molar-refractivity contribution in [1.82, 2.24) is 9.21 Å². The van der Waals surface area contributed by atoms with E-state index in [0.29, 0.717) is 18.5 Å². The standard InChI is InChI=1S/C19H28N2O3S.ClH/c1-24-11-12-25(22,23)21-9-4-6-16-14-20-10-8-15-5-2-3-7-17(15)19(20)13-18(16)21;/h2-3,5,7,16,18-19H,4,6,8-14H2,1H3;1H/t16-,18+,19+;/m1./s1. The summed E-state index contributed by atoms with van der Waals surface area (Å²) in [6, 6.07) is 9.20. The molecule has 0 aromatic heterocycles. The summed E-state index contributed by atoms with van der Waals surface area (Å²) in [6.07, 6.45) is 4.15. The first-order chi connectivity index (χ1) is 12.1. The van der Waals surface area contributed by atoms with Gasteiger partial charge in [0.1, 0.15) is 0 Å². The SMILES string of the molecule is COCCS(=O)(=O)N1CCC[C@@H]2CN3CCc4ccccc4[C@@H]3C[C@@H]21.Cl. The van der Waals surface area contributed by atoms with E-state index in [1.165, 1.54) is 11.1 Å². The molecule has 3 aliphatic heterocycles. The van der Waals surface area contributed by atoms with Crippen LogP contribution in [0.1, 0.15) is 36.4 Å². The smallest absolute Gasteiger partial charge is 0.216 e. The average molecular weight is 401 g/mol. The highest BCUT2D eigenvalue weighted by Crippen LogP contribution is 2.43. The molecule has 2 saturated heterocycles. The summed E-state index contributed by atoms with van der Waals surface area (Å²) in [6.45, 7) is 3.07. The minimum Gasteiger partial charge on any atom is -0.384 e. The van der Waals surface area contributed by atoms with Crippen LogP contribution in [0.3, 0.4) is 0 Å². The first-order valence-electron chi connectivity index (χ1n) is 9.40. The number of halogens is 1. The molecule has 26 heavy (non-hydrogen) atoms. The number of piperidine rings is 2. The molecular formula is C19H29ClN2O3S. The molecule has 4 rings (SSSR count). The van der Waals surface area contributed by atoms with Crippen molar-refractivity contribution in [3.63, 3.8) is 0 Å². The minimum atomic E-state index is -3.24. The maximum atomic E-state index is 12.8. The van der Waals surface area contributed by atoms with Gasteiger partial charge in [-0.3, -0.25) is 4.90 Å². The van der Waals surface area contributed by atoms with Gasteiger partial charge in [0, 0.05) is 38.8 Å². The van der Waals surface area contributed by atoms with Gasteiger partial charge in [0.05, 0.1) is 12.4 Å². The molecule has 1 aromatic rings. The predicted molar refractivity (Wildman–Crippen MR) is 105 cm³/mol. The van der Waals surface area contributed by atoms with Crippen molar-refractivity contribution in [3.8, 4) is 0 Å². The molecule has 0 N–H and O–H groups in total. The van der Waals surface area contributed by atoms with Crippen LogP contribution in [0.4, 0.5) is 0 Å². The number of sulfonamides is 1. The quantitative estimate of drug-likeness (QED) is 0.779. The number of nitrogens with zero attached hydrogens (tertiary/aromatic N) is 2. The van der Waals surface area contributed by atoms with Gasteiger partial charge in [0.15, 0.2) is 0 Å². The van der Waals surface area contributed by atoms with Gasteiger partial charge < -0.3 is 4.74 Å². The molecule has 0 radical (unpaired) electrons. The summed E-state index contributed by atoms with van der Waals surface area (Å²) in [4.78, 5) is 2.59. The van der Waals surface area contributed by atoms with Gasteiger partial charge in [0.2, 0.25) is 10.0 Å². The predicted octanol–water partition coefficient (Wildman–Crippen LogP) is 2.47. The lowest BCUT2D eigenvalue weighted by atomic mass is 9.77. The first kappa shape index (κ1) is 20.1. The Morgan fingerprint density at radius 2 is 2.04 bits per heavy atom. The molecule has 0 saturated carbocycles. The molecule has 0 amide bonds. The second-order valence-corrected chi connectivity index (χ2v) is 9.63. The van der Waals surface area contributed by atoms with Crippen LogP contribution in [-0.2, 0) is 21.2 Å². The summed E-state index contributed by atoms with van der Waals surface area (Å²) in [7, 11) is -1.68. The molecule has 0 aliphatic carbocycles. The van der Waals surface area contributed by atoms with E-state index in [0.717, 1.165) is 38.8 Å². The third-order valence-corrected chi connectivity index (χ3v) is 8.08. The number of hydrogen-bond donors (Lipinski definition) is 0. The number of ether oxygens (including phenoxy) is 1. The summed E-state index contributed by atoms with van der Waals surface area (Å²) in [5, 5.41) is 0. The molecule has 7 heteroatoms. The normalized spacial score (nSPS) is 29.2. The zero-order chi connectivity index (χ0) is 17.4. The Hall–Kier alpha value is -0.660. The van der Waals surface area contributed by atoms with Gasteiger partial charge in [-0.2, -0.15) is 4.31 Å². The highest BCUT2D eigenvalue weighted by Gasteiger charge is 2.45. The van der Waals surface area contributed by atoms with E-state index in [1.54, 1.807) is 7.11 Å². The van der Waals surface area contributed by atoms with E-state index < -0.39 is 10.0 Å². The van der Waals surface area contributed by atoms with Crippen LogP contribution in [0.5, 0.6) is 0 Å². The Labute approximate surface area is 163 Å².